The lowest BCUT2D eigenvalue weighted by Crippen LogP contribution is -2.34. The third-order valence-corrected chi connectivity index (χ3v) is 3.71. The van der Waals surface area contributed by atoms with Gasteiger partial charge in [0.1, 0.15) is 11.6 Å². The van der Waals surface area contributed by atoms with Crippen molar-refractivity contribution in [2.45, 2.75) is 25.8 Å². The van der Waals surface area contributed by atoms with E-state index in [4.69, 9.17) is 0 Å². The Balaban J connectivity index is 2.64. The lowest BCUT2D eigenvalue weighted by molar-refractivity contribution is 0.452. The highest BCUT2D eigenvalue weighted by molar-refractivity contribution is 9.10. The Morgan fingerprint density at radius 1 is 1.60 bits per heavy atom. The molecule has 1 aromatic rings. The van der Waals surface area contributed by atoms with Gasteiger partial charge in [-0.2, -0.15) is 0 Å². The van der Waals surface area contributed by atoms with Crippen LogP contribution in [0.2, 0.25) is 0 Å². The minimum atomic E-state index is -0.274. The quantitative estimate of drug-likeness (QED) is 0.786. The van der Waals surface area contributed by atoms with Crippen LogP contribution >= 0.6 is 15.9 Å². The molecule has 1 aliphatic rings. The number of hydrogen-bond donors (Lipinski definition) is 1. The molecule has 4 heteroatoms. The molecule has 0 radical (unpaired) electrons. The highest BCUT2D eigenvalue weighted by atomic mass is 79.9. The van der Waals surface area contributed by atoms with E-state index in [9.17, 15) is 9.50 Å². The average molecular weight is 274 g/mol. The summed E-state index contributed by atoms with van der Waals surface area (Å²) < 4.78 is 14.2. The van der Waals surface area contributed by atoms with E-state index in [-0.39, 0.29) is 11.6 Å². The SMILES string of the molecule is CC1CCc2c(O)c(Br)cc(F)c2N1C. The van der Waals surface area contributed by atoms with Crippen molar-refractivity contribution in [2.75, 3.05) is 11.9 Å². The summed E-state index contributed by atoms with van der Waals surface area (Å²) in [4.78, 5) is 1.89. The topological polar surface area (TPSA) is 23.5 Å². The summed E-state index contributed by atoms with van der Waals surface area (Å²) in [7, 11) is 1.86. The predicted molar refractivity (Wildman–Crippen MR) is 62.0 cm³/mol. The van der Waals surface area contributed by atoms with Gasteiger partial charge < -0.3 is 10.0 Å². The number of halogens is 2. The van der Waals surface area contributed by atoms with Crippen molar-refractivity contribution in [3.63, 3.8) is 0 Å². The molecule has 0 saturated carbocycles. The Morgan fingerprint density at radius 2 is 2.27 bits per heavy atom. The molecule has 1 N–H and O–H groups in total. The van der Waals surface area contributed by atoms with Crippen LogP contribution in [0.1, 0.15) is 18.9 Å². The van der Waals surface area contributed by atoms with E-state index < -0.39 is 0 Å². The summed E-state index contributed by atoms with van der Waals surface area (Å²) in [6.45, 7) is 2.06. The van der Waals surface area contributed by atoms with Crippen LogP contribution in [-0.4, -0.2) is 18.2 Å². The van der Waals surface area contributed by atoms with Crippen molar-refractivity contribution in [3.05, 3.63) is 21.9 Å². The van der Waals surface area contributed by atoms with Crippen molar-refractivity contribution in [1.82, 2.24) is 0 Å². The lowest BCUT2D eigenvalue weighted by atomic mass is 9.96. The van der Waals surface area contributed by atoms with Crippen LogP contribution < -0.4 is 4.90 Å². The van der Waals surface area contributed by atoms with Crippen LogP contribution in [0.3, 0.4) is 0 Å². The minimum absolute atomic E-state index is 0.171. The van der Waals surface area contributed by atoms with Gasteiger partial charge in [-0.15, -0.1) is 0 Å². The number of nitrogens with zero attached hydrogens (tertiary/aromatic N) is 1. The van der Waals surface area contributed by atoms with Gasteiger partial charge >= 0.3 is 0 Å². The molecule has 1 atom stereocenters. The standard InChI is InChI=1S/C11H13BrFNO/c1-6-3-4-7-10(14(6)2)9(13)5-8(12)11(7)15/h5-6,15H,3-4H2,1-2H3. The Morgan fingerprint density at radius 3 is 2.93 bits per heavy atom. The van der Waals surface area contributed by atoms with Crippen LogP contribution in [0.5, 0.6) is 5.75 Å². The van der Waals surface area contributed by atoms with E-state index >= 15 is 0 Å². The van der Waals surface area contributed by atoms with Gasteiger partial charge in [-0.3, -0.25) is 0 Å². The highest BCUT2D eigenvalue weighted by Crippen LogP contribution is 2.41. The second kappa shape index (κ2) is 3.67. The van der Waals surface area contributed by atoms with Crippen molar-refractivity contribution in [1.29, 1.82) is 0 Å². The minimum Gasteiger partial charge on any atom is -0.506 e. The maximum absolute atomic E-state index is 13.8. The molecule has 82 valence electrons. The van der Waals surface area contributed by atoms with Gasteiger partial charge in [-0.25, -0.2) is 4.39 Å². The molecule has 0 saturated heterocycles. The van der Waals surface area contributed by atoms with Crippen molar-refractivity contribution < 1.29 is 9.50 Å². The number of rotatable bonds is 0. The van der Waals surface area contributed by atoms with Crippen molar-refractivity contribution in [3.8, 4) is 5.75 Å². The normalized spacial score (nSPS) is 20.3. The summed E-state index contributed by atoms with van der Waals surface area (Å²) in [5.41, 5.74) is 1.25. The van der Waals surface area contributed by atoms with E-state index in [1.54, 1.807) is 0 Å². The fraction of sp³-hybridized carbons (Fsp3) is 0.455. The van der Waals surface area contributed by atoms with Crippen molar-refractivity contribution in [2.24, 2.45) is 0 Å². The summed E-state index contributed by atoms with van der Waals surface area (Å²) in [6, 6.07) is 1.63. The number of anilines is 1. The molecular weight excluding hydrogens is 261 g/mol. The van der Waals surface area contributed by atoms with Crippen LogP contribution in [0.25, 0.3) is 0 Å². The maximum atomic E-state index is 13.8. The Labute approximate surface area is 96.8 Å². The molecule has 1 aromatic carbocycles. The molecule has 0 spiro atoms. The van der Waals surface area contributed by atoms with E-state index in [2.05, 4.69) is 22.9 Å². The number of phenolic OH excluding ortho intramolecular Hbond substituents is 1. The van der Waals surface area contributed by atoms with Crippen LogP contribution in [-0.2, 0) is 6.42 Å². The highest BCUT2D eigenvalue weighted by Gasteiger charge is 2.26. The van der Waals surface area contributed by atoms with Gasteiger partial charge in [0.25, 0.3) is 0 Å². The number of aromatic hydroxyl groups is 1. The first-order chi connectivity index (χ1) is 7.02. The molecule has 15 heavy (non-hydrogen) atoms. The molecule has 0 bridgehead atoms. The summed E-state index contributed by atoms with van der Waals surface area (Å²) in [6.07, 6.45) is 1.66. The first kappa shape index (κ1) is 10.7. The number of phenols is 1. The second-order valence-corrected chi connectivity index (χ2v) is 4.87. The zero-order valence-electron chi connectivity index (χ0n) is 8.72. The number of benzene rings is 1. The molecule has 2 rings (SSSR count). The van der Waals surface area contributed by atoms with Gasteiger partial charge in [-0.05, 0) is 41.8 Å². The first-order valence-corrected chi connectivity index (χ1v) is 5.74. The summed E-state index contributed by atoms with van der Waals surface area (Å²) in [5.74, 6) is -0.103. The average Bonchev–Trinajstić information content (AvgIpc) is 2.18. The number of fused-ring (bicyclic) bond motifs is 1. The van der Waals surface area contributed by atoms with E-state index in [0.717, 1.165) is 12.8 Å². The van der Waals surface area contributed by atoms with Gasteiger partial charge in [0, 0.05) is 18.7 Å². The van der Waals surface area contributed by atoms with Gasteiger partial charge in [0.15, 0.2) is 0 Å². The molecule has 0 aliphatic carbocycles. The van der Waals surface area contributed by atoms with Gasteiger partial charge in [-0.1, -0.05) is 0 Å². The Kier molecular flexibility index (Phi) is 2.63. The molecule has 1 heterocycles. The monoisotopic (exact) mass is 273 g/mol. The third kappa shape index (κ3) is 1.61. The number of hydrogen-bond acceptors (Lipinski definition) is 2. The van der Waals surface area contributed by atoms with Gasteiger partial charge in [0.2, 0.25) is 0 Å². The smallest absolute Gasteiger partial charge is 0.148 e. The first-order valence-electron chi connectivity index (χ1n) is 4.95. The van der Waals surface area contributed by atoms with Gasteiger partial charge in [0.05, 0.1) is 10.2 Å². The fourth-order valence-electron chi connectivity index (χ4n) is 2.03. The van der Waals surface area contributed by atoms with Crippen LogP contribution in [0, 0.1) is 5.82 Å². The Bertz CT molecular complexity index is 408. The van der Waals surface area contributed by atoms with E-state index in [1.165, 1.54) is 6.07 Å². The van der Waals surface area contributed by atoms with Crippen LogP contribution in [0.15, 0.2) is 10.5 Å². The molecule has 1 aliphatic heterocycles. The third-order valence-electron chi connectivity index (χ3n) is 3.10. The molecule has 2 nitrogen and oxygen atoms in total. The van der Waals surface area contributed by atoms with Crippen molar-refractivity contribution >= 4 is 21.6 Å². The molecular formula is C11H13BrFNO. The van der Waals surface area contributed by atoms with E-state index in [0.29, 0.717) is 21.8 Å². The molecule has 0 fully saturated rings. The Hall–Kier alpha value is -0.770. The zero-order chi connectivity index (χ0) is 11.2. The summed E-state index contributed by atoms with van der Waals surface area (Å²) >= 11 is 3.15. The molecule has 0 amide bonds. The van der Waals surface area contributed by atoms with Crippen LogP contribution in [0.4, 0.5) is 10.1 Å². The lowest BCUT2D eigenvalue weighted by Gasteiger charge is -2.34. The van der Waals surface area contributed by atoms with E-state index in [1.807, 2.05) is 11.9 Å². The zero-order valence-corrected chi connectivity index (χ0v) is 10.3. The predicted octanol–water partition coefficient (Wildman–Crippen LogP) is 3.06. The summed E-state index contributed by atoms with van der Waals surface area (Å²) in [5, 5.41) is 9.83. The second-order valence-electron chi connectivity index (χ2n) is 4.01. The molecule has 0 aromatic heterocycles. The maximum Gasteiger partial charge on any atom is 0.148 e. The fourth-order valence-corrected chi connectivity index (χ4v) is 2.47. The molecule has 1 unspecified atom stereocenters. The largest absolute Gasteiger partial charge is 0.506 e.